The van der Waals surface area contributed by atoms with Crippen LogP contribution in [0.25, 0.3) is 0 Å². The third-order valence-corrected chi connectivity index (χ3v) is 2.19. The van der Waals surface area contributed by atoms with Crippen molar-refractivity contribution in [1.29, 1.82) is 0 Å². The molecule has 1 unspecified atom stereocenters. The second kappa shape index (κ2) is 4.22. The first-order valence-corrected chi connectivity index (χ1v) is 4.67. The van der Waals surface area contributed by atoms with Gasteiger partial charge in [-0.05, 0) is 30.5 Å². The Labute approximate surface area is 83.8 Å². The maximum atomic E-state index is 11.0. The zero-order chi connectivity index (χ0) is 10.7. The summed E-state index contributed by atoms with van der Waals surface area (Å²) in [5, 5.41) is 9.05. The highest BCUT2D eigenvalue weighted by Gasteiger charge is 2.24. The Kier molecular flexibility index (Phi) is 3.23. The highest BCUT2D eigenvalue weighted by atomic mass is 16.4. The number of nitrogens with zero attached hydrogens (tertiary/aromatic N) is 1. The summed E-state index contributed by atoms with van der Waals surface area (Å²) in [6, 6.07) is 3.70. The Morgan fingerprint density at radius 2 is 2.14 bits per heavy atom. The van der Waals surface area contributed by atoms with Crippen LogP contribution in [-0.4, -0.2) is 16.1 Å². The van der Waals surface area contributed by atoms with E-state index in [0.717, 1.165) is 5.56 Å². The van der Waals surface area contributed by atoms with Crippen LogP contribution in [0.2, 0.25) is 0 Å². The molecule has 1 heterocycles. The van der Waals surface area contributed by atoms with Gasteiger partial charge in [0.2, 0.25) is 0 Å². The van der Waals surface area contributed by atoms with Crippen molar-refractivity contribution in [3.8, 4) is 0 Å². The predicted molar refractivity (Wildman–Crippen MR) is 54.2 cm³/mol. The Hall–Kier alpha value is -1.38. The molecule has 3 nitrogen and oxygen atoms in total. The van der Waals surface area contributed by atoms with E-state index in [0.29, 0.717) is 5.69 Å². The van der Waals surface area contributed by atoms with Crippen LogP contribution in [0.3, 0.4) is 0 Å². The molecule has 0 aliphatic heterocycles. The summed E-state index contributed by atoms with van der Waals surface area (Å²) in [6.07, 6.45) is 1.66. The summed E-state index contributed by atoms with van der Waals surface area (Å²) in [5.74, 6) is -1.25. The molecule has 76 valence electrons. The number of hydrogen-bond acceptors (Lipinski definition) is 2. The Bertz CT molecular complexity index is 334. The zero-order valence-electron chi connectivity index (χ0n) is 8.69. The quantitative estimate of drug-likeness (QED) is 0.800. The lowest BCUT2D eigenvalue weighted by molar-refractivity contribution is -0.140. The molecule has 0 amide bonds. The molecule has 0 aliphatic rings. The average Bonchev–Trinajstić information content (AvgIpc) is 2.02. The van der Waals surface area contributed by atoms with Crippen molar-refractivity contribution in [2.24, 2.45) is 5.92 Å². The van der Waals surface area contributed by atoms with E-state index in [4.69, 9.17) is 5.11 Å². The summed E-state index contributed by atoms with van der Waals surface area (Å²) in [6.45, 7) is 5.72. The van der Waals surface area contributed by atoms with Gasteiger partial charge in [0, 0.05) is 6.20 Å². The SMILES string of the molecule is Cc1ccnc(C(C(=O)O)C(C)C)c1. The summed E-state index contributed by atoms with van der Waals surface area (Å²) >= 11 is 0. The summed E-state index contributed by atoms with van der Waals surface area (Å²) in [5.41, 5.74) is 1.69. The van der Waals surface area contributed by atoms with E-state index in [1.165, 1.54) is 0 Å². The van der Waals surface area contributed by atoms with Gasteiger partial charge in [-0.15, -0.1) is 0 Å². The van der Waals surface area contributed by atoms with Crippen LogP contribution < -0.4 is 0 Å². The van der Waals surface area contributed by atoms with Crippen molar-refractivity contribution in [2.45, 2.75) is 26.7 Å². The average molecular weight is 193 g/mol. The smallest absolute Gasteiger partial charge is 0.312 e. The van der Waals surface area contributed by atoms with E-state index in [9.17, 15) is 4.79 Å². The van der Waals surface area contributed by atoms with E-state index in [2.05, 4.69) is 4.98 Å². The minimum atomic E-state index is -0.807. The first-order chi connectivity index (χ1) is 6.52. The van der Waals surface area contributed by atoms with E-state index in [1.807, 2.05) is 32.9 Å². The molecule has 0 saturated heterocycles. The Balaban J connectivity index is 3.05. The van der Waals surface area contributed by atoms with Crippen molar-refractivity contribution in [3.63, 3.8) is 0 Å². The number of carboxylic acids is 1. The molecule has 14 heavy (non-hydrogen) atoms. The fourth-order valence-corrected chi connectivity index (χ4v) is 1.48. The van der Waals surface area contributed by atoms with Crippen molar-refractivity contribution >= 4 is 5.97 Å². The minimum absolute atomic E-state index is 0.0572. The van der Waals surface area contributed by atoms with Gasteiger partial charge in [-0.2, -0.15) is 0 Å². The maximum Gasteiger partial charge on any atom is 0.312 e. The lowest BCUT2D eigenvalue weighted by Gasteiger charge is -2.15. The van der Waals surface area contributed by atoms with Crippen molar-refractivity contribution in [2.75, 3.05) is 0 Å². The third-order valence-electron chi connectivity index (χ3n) is 2.19. The molecule has 1 atom stereocenters. The molecule has 0 aliphatic carbocycles. The molecule has 0 spiro atoms. The van der Waals surface area contributed by atoms with Crippen LogP contribution in [0, 0.1) is 12.8 Å². The van der Waals surface area contributed by atoms with Gasteiger partial charge in [0.15, 0.2) is 0 Å². The topological polar surface area (TPSA) is 50.2 Å². The fraction of sp³-hybridized carbons (Fsp3) is 0.455. The molecule has 0 bridgehead atoms. The van der Waals surface area contributed by atoms with Crippen molar-refractivity contribution < 1.29 is 9.90 Å². The standard InChI is InChI=1S/C11H15NO2/c1-7(2)10(11(13)14)9-6-8(3)4-5-12-9/h4-7,10H,1-3H3,(H,13,14). The summed E-state index contributed by atoms with van der Waals surface area (Å²) in [4.78, 5) is 15.1. The van der Waals surface area contributed by atoms with Gasteiger partial charge < -0.3 is 5.11 Å². The molecule has 1 aromatic heterocycles. The predicted octanol–water partition coefficient (Wildman–Crippen LogP) is 2.21. The molecule has 0 saturated carbocycles. The Morgan fingerprint density at radius 1 is 1.50 bits per heavy atom. The summed E-state index contributed by atoms with van der Waals surface area (Å²) in [7, 11) is 0. The van der Waals surface area contributed by atoms with Crippen molar-refractivity contribution in [1.82, 2.24) is 4.98 Å². The number of aliphatic carboxylic acids is 1. The van der Waals surface area contributed by atoms with Crippen LogP contribution in [-0.2, 0) is 4.79 Å². The molecular weight excluding hydrogens is 178 g/mol. The van der Waals surface area contributed by atoms with Crippen LogP contribution in [0.4, 0.5) is 0 Å². The van der Waals surface area contributed by atoms with Gasteiger partial charge in [0.25, 0.3) is 0 Å². The van der Waals surface area contributed by atoms with Crippen molar-refractivity contribution in [3.05, 3.63) is 29.6 Å². The van der Waals surface area contributed by atoms with Gasteiger partial charge >= 0.3 is 5.97 Å². The molecule has 1 aromatic rings. The lowest BCUT2D eigenvalue weighted by atomic mass is 9.92. The van der Waals surface area contributed by atoms with Gasteiger partial charge in [-0.3, -0.25) is 9.78 Å². The lowest BCUT2D eigenvalue weighted by Crippen LogP contribution is -2.18. The van der Waals surface area contributed by atoms with Crippen LogP contribution in [0.5, 0.6) is 0 Å². The highest BCUT2D eigenvalue weighted by Crippen LogP contribution is 2.23. The first-order valence-electron chi connectivity index (χ1n) is 4.67. The molecule has 0 radical (unpaired) electrons. The third kappa shape index (κ3) is 2.31. The number of carboxylic acid groups (broad SMARTS) is 1. The number of hydrogen-bond donors (Lipinski definition) is 1. The van der Waals surface area contributed by atoms with Crippen LogP contribution >= 0.6 is 0 Å². The molecule has 1 rings (SSSR count). The molecule has 1 N–H and O–H groups in total. The number of aryl methyl sites for hydroxylation is 1. The fourth-order valence-electron chi connectivity index (χ4n) is 1.48. The van der Waals surface area contributed by atoms with Gasteiger partial charge in [0.05, 0.1) is 5.69 Å². The second-order valence-corrected chi connectivity index (χ2v) is 3.82. The second-order valence-electron chi connectivity index (χ2n) is 3.82. The summed E-state index contributed by atoms with van der Waals surface area (Å²) < 4.78 is 0. The molecule has 3 heteroatoms. The van der Waals surface area contributed by atoms with Gasteiger partial charge in [0.1, 0.15) is 5.92 Å². The van der Waals surface area contributed by atoms with Gasteiger partial charge in [-0.1, -0.05) is 13.8 Å². The van der Waals surface area contributed by atoms with E-state index < -0.39 is 11.9 Å². The highest BCUT2D eigenvalue weighted by molar-refractivity contribution is 5.75. The first kappa shape index (κ1) is 10.7. The number of pyridine rings is 1. The Morgan fingerprint density at radius 3 is 2.57 bits per heavy atom. The maximum absolute atomic E-state index is 11.0. The van der Waals surface area contributed by atoms with Crippen LogP contribution in [0.1, 0.15) is 31.0 Å². The van der Waals surface area contributed by atoms with E-state index >= 15 is 0 Å². The largest absolute Gasteiger partial charge is 0.481 e. The van der Waals surface area contributed by atoms with Crippen LogP contribution in [0.15, 0.2) is 18.3 Å². The molecule has 0 aromatic carbocycles. The number of carbonyl (C=O) groups is 1. The number of rotatable bonds is 3. The zero-order valence-corrected chi connectivity index (χ0v) is 8.69. The monoisotopic (exact) mass is 193 g/mol. The molecular formula is C11H15NO2. The normalized spacial score (nSPS) is 12.9. The minimum Gasteiger partial charge on any atom is -0.481 e. The van der Waals surface area contributed by atoms with E-state index in [1.54, 1.807) is 6.20 Å². The molecule has 0 fully saturated rings. The number of aromatic nitrogens is 1. The van der Waals surface area contributed by atoms with E-state index in [-0.39, 0.29) is 5.92 Å². The van der Waals surface area contributed by atoms with Gasteiger partial charge in [-0.25, -0.2) is 0 Å².